The predicted molar refractivity (Wildman–Crippen MR) is 53.6 cm³/mol. The molecule has 0 atom stereocenters. The van der Waals surface area contributed by atoms with Crippen LogP contribution in [0.4, 0.5) is 0 Å². The first-order chi connectivity index (χ1) is 6.06. The van der Waals surface area contributed by atoms with E-state index in [0.717, 1.165) is 5.56 Å². The molecule has 0 aliphatic carbocycles. The molecule has 0 saturated carbocycles. The van der Waals surface area contributed by atoms with Crippen LogP contribution < -0.4 is 0 Å². The first kappa shape index (κ1) is 9.94. The van der Waals surface area contributed by atoms with E-state index in [1.807, 2.05) is 19.1 Å². The maximum Gasteiger partial charge on any atom is 0.161 e. The molecular weight excluding hydrogens is 230 g/mol. The molecule has 13 heavy (non-hydrogen) atoms. The molecule has 0 radical (unpaired) electrons. The molecule has 66 valence electrons. The molecular formula is C10H8BrNO. The van der Waals surface area contributed by atoms with Gasteiger partial charge in [0.2, 0.25) is 0 Å². The van der Waals surface area contributed by atoms with Crippen molar-refractivity contribution in [3.05, 3.63) is 33.3 Å². The van der Waals surface area contributed by atoms with Crippen LogP contribution in [0.1, 0.15) is 28.4 Å². The normalized spacial score (nSPS) is 9.38. The lowest BCUT2D eigenvalue weighted by atomic mass is 10.0. The van der Waals surface area contributed by atoms with Gasteiger partial charge in [0.1, 0.15) is 6.07 Å². The van der Waals surface area contributed by atoms with Crippen LogP contribution in [0, 0.1) is 18.3 Å². The number of nitriles is 1. The Labute approximate surface area is 85.3 Å². The minimum atomic E-state index is -0.0825. The number of hydrogen-bond donors (Lipinski definition) is 0. The zero-order valence-corrected chi connectivity index (χ0v) is 8.97. The van der Waals surface area contributed by atoms with Crippen molar-refractivity contribution in [2.75, 3.05) is 0 Å². The number of halogens is 1. The van der Waals surface area contributed by atoms with Crippen molar-refractivity contribution in [3.63, 3.8) is 0 Å². The molecule has 1 rings (SSSR count). The van der Waals surface area contributed by atoms with E-state index in [1.165, 1.54) is 6.92 Å². The topological polar surface area (TPSA) is 40.9 Å². The van der Waals surface area contributed by atoms with Gasteiger partial charge in [-0.05, 0) is 47.5 Å². The predicted octanol–water partition coefficient (Wildman–Crippen LogP) is 2.83. The summed E-state index contributed by atoms with van der Waals surface area (Å²) in [6.45, 7) is 3.35. The van der Waals surface area contributed by atoms with E-state index >= 15 is 0 Å². The molecule has 3 heteroatoms. The van der Waals surface area contributed by atoms with Crippen LogP contribution in [-0.4, -0.2) is 5.78 Å². The van der Waals surface area contributed by atoms with Crippen LogP contribution in [-0.2, 0) is 0 Å². The highest BCUT2D eigenvalue weighted by molar-refractivity contribution is 9.10. The van der Waals surface area contributed by atoms with Crippen molar-refractivity contribution in [1.29, 1.82) is 5.26 Å². The van der Waals surface area contributed by atoms with E-state index < -0.39 is 0 Å². The highest BCUT2D eigenvalue weighted by Crippen LogP contribution is 2.22. The molecule has 0 spiro atoms. The summed E-state index contributed by atoms with van der Waals surface area (Å²) >= 11 is 3.25. The van der Waals surface area contributed by atoms with Crippen molar-refractivity contribution < 1.29 is 4.79 Å². The molecule has 0 bridgehead atoms. The second kappa shape index (κ2) is 3.71. The number of benzene rings is 1. The fourth-order valence-corrected chi connectivity index (χ4v) is 1.80. The molecule has 1 aromatic carbocycles. The molecule has 2 nitrogen and oxygen atoms in total. The van der Waals surface area contributed by atoms with Crippen molar-refractivity contribution in [1.82, 2.24) is 0 Å². The van der Waals surface area contributed by atoms with Gasteiger partial charge in [0, 0.05) is 10.0 Å². The lowest BCUT2D eigenvalue weighted by Crippen LogP contribution is -1.98. The number of hydrogen-bond acceptors (Lipinski definition) is 2. The van der Waals surface area contributed by atoms with Crippen LogP contribution in [0.5, 0.6) is 0 Å². The molecule has 1 aromatic rings. The van der Waals surface area contributed by atoms with Gasteiger partial charge in [0.05, 0.1) is 5.56 Å². The van der Waals surface area contributed by atoms with Crippen molar-refractivity contribution in [2.45, 2.75) is 13.8 Å². The highest BCUT2D eigenvalue weighted by atomic mass is 79.9. The van der Waals surface area contributed by atoms with E-state index in [-0.39, 0.29) is 5.78 Å². The molecule has 0 unspecified atom stereocenters. The second-order valence-corrected chi connectivity index (χ2v) is 3.69. The second-order valence-electron chi connectivity index (χ2n) is 2.84. The quantitative estimate of drug-likeness (QED) is 0.706. The Balaban J connectivity index is 3.50. The van der Waals surface area contributed by atoms with Gasteiger partial charge >= 0.3 is 0 Å². The van der Waals surface area contributed by atoms with Crippen LogP contribution in [0.25, 0.3) is 0 Å². The van der Waals surface area contributed by atoms with Gasteiger partial charge < -0.3 is 0 Å². The first-order valence-corrected chi connectivity index (χ1v) is 4.56. The number of aryl methyl sites for hydroxylation is 1. The monoisotopic (exact) mass is 237 g/mol. The number of Topliss-reactive ketones (excluding diaryl/α,β-unsaturated/α-hetero) is 1. The molecule has 0 aromatic heterocycles. The van der Waals surface area contributed by atoms with Crippen molar-refractivity contribution in [2.24, 2.45) is 0 Å². The minimum Gasteiger partial charge on any atom is -0.294 e. The molecule has 0 heterocycles. The Kier molecular flexibility index (Phi) is 2.84. The summed E-state index contributed by atoms with van der Waals surface area (Å²) in [7, 11) is 0. The van der Waals surface area contributed by atoms with Crippen molar-refractivity contribution in [3.8, 4) is 6.07 Å². The summed E-state index contributed by atoms with van der Waals surface area (Å²) in [6, 6.07) is 5.56. The van der Waals surface area contributed by atoms with Gasteiger partial charge in [-0.2, -0.15) is 5.26 Å². The zero-order chi connectivity index (χ0) is 10.0. The SMILES string of the molecule is CC(=O)c1cc(C)cc(Br)c1C#N. The Morgan fingerprint density at radius 1 is 1.54 bits per heavy atom. The summed E-state index contributed by atoms with van der Waals surface area (Å²) in [4.78, 5) is 11.2. The fourth-order valence-electron chi connectivity index (χ4n) is 1.13. The average molecular weight is 238 g/mol. The Morgan fingerprint density at radius 2 is 2.15 bits per heavy atom. The van der Waals surface area contributed by atoms with Gasteiger partial charge in [-0.15, -0.1) is 0 Å². The lowest BCUT2D eigenvalue weighted by molar-refractivity contribution is 0.101. The van der Waals surface area contributed by atoms with Crippen LogP contribution >= 0.6 is 15.9 Å². The Bertz CT molecular complexity index is 404. The van der Waals surface area contributed by atoms with Gasteiger partial charge in [-0.1, -0.05) is 0 Å². The zero-order valence-electron chi connectivity index (χ0n) is 7.39. The van der Waals surface area contributed by atoms with E-state index in [0.29, 0.717) is 15.6 Å². The van der Waals surface area contributed by atoms with Gasteiger partial charge in [-0.3, -0.25) is 4.79 Å². The summed E-state index contributed by atoms with van der Waals surface area (Å²) in [5, 5.41) is 8.81. The third-order valence-electron chi connectivity index (χ3n) is 1.73. The van der Waals surface area contributed by atoms with Crippen LogP contribution in [0.2, 0.25) is 0 Å². The maximum atomic E-state index is 11.2. The third-order valence-corrected chi connectivity index (χ3v) is 2.35. The average Bonchev–Trinajstić information content (AvgIpc) is 2.02. The van der Waals surface area contributed by atoms with E-state index in [1.54, 1.807) is 6.07 Å². The van der Waals surface area contributed by atoms with Crippen LogP contribution in [0.3, 0.4) is 0 Å². The summed E-state index contributed by atoms with van der Waals surface area (Å²) in [6.07, 6.45) is 0. The largest absolute Gasteiger partial charge is 0.294 e. The van der Waals surface area contributed by atoms with Gasteiger partial charge in [-0.25, -0.2) is 0 Å². The van der Waals surface area contributed by atoms with E-state index in [4.69, 9.17) is 5.26 Å². The van der Waals surface area contributed by atoms with Crippen LogP contribution in [0.15, 0.2) is 16.6 Å². The molecule has 0 amide bonds. The fraction of sp³-hybridized carbons (Fsp3) is 0.200. The van der Waals surface area contributed by atoms with Gasteiger partial charge in [0.15, 0.2) is 5.78 Å². The molecule has 0 fully saturated rings. The smallest absolute Gasteiger partial charge is 0.161 e. The molecule has 0 N–H and O–H groups in total. The number of carbonyl (C=O) groups excluding carboxylic acids is 1. The number of rotatable bonds is 1. The van der Waals surface area contributed by atoms with E-state index in [9.17, 15) is 4.79 Å². The Morgan fingerprint density at radius 3 is 2.62 bits per heavy atom. The highest BCUT2D eigenvalue weighted by Gasteiger charge is 2.10. The minimum absolute atomic E-state index is 0.0825. The van der Waals surface area contributed by atoms with Crippen molar-refractivity contribution >= 4 is 21.7 Å². The number of carbonyl (C=O) groups is 1. The maximum absolute atomic E-state index is 11.2. The summed E-state index contributed by atoms with van der Waals surface area (Å²) in [5.74, 6) is -0.0825. The summed E-state index contributed by atoms with van der Waals surface area (Å²) in [5.41, 5.74) is 1.86. The lowest BCUT2D eigenvalue weighted by Gasteiger charge is -2.03. The number of ketones is 1. The molecule has 0 aliphatic heterocycles. The Hall–Kier alpha value is -1.14. The van der Waals surface area contributed by atoms with Gasteiger partial charge in [0.25, 0.3) is 0 Å². The van der Waals surface area contributed by atoms with E-state index in [2.05, 4.69) is 15.9 Å². The third kappa shape index (κ3) is 1.96. The first-order valence-electron chi connectivity index (χ1n) is 3.77. The molecule has 0 saturated heterocycles. The number of nitrogens with zero attached hydrogens (tertiary/aromatic N) is 1. The standard InChI is InChI=1S/C10H8BrNO/c1-6-3-8(7(2)13)9(5-12)10(11)4-6/h3-4H,1-2H3. The molecule has 0 aliphatic rings. The summed E-state index contributed by atoms with van der Waals surface area (Å²) < 4.78 is 0.681.